The largest absolute Gasteiger partial charge is 0.458 e. The third kappa shape index (κ3) is 5.77. The summed E-state index contributed by atoms with van der Waals surface area (Å²) in [6, 6.07) is 16.2. The standard InChI is InChI=1S/C28H27BrN4O4/c1-4-16-37-28(36)23-19(3)30-25(20-8-6-5-7-9-20)31-24(23)27(35)32-14-15-33(18(2)17-32)26(34)21-10-12-22(29)13-11-21/h4-13,18H,1,14-17H2,2-3H3. The molecule has 0 spiro atoms. The zero-order chi connectivity index (χ0) is 26.5. The lowest BCUT2D eigenvalue weighted by Gasteiger charge is -2.40. The first-order chi connectivity index (χ1) is 17.8. The van der Waals surface area contributed by atoms with Gasteiger partial charge < -0.3 is 14.5 Å². The van der Waals surface area contributed by atoms with Crippen LogP contribution in [0.3, 0.4) is 0 Å². The quantitative estimate of drug-likeness (QED) is 0.323. The normalized spacial score (nSPS) is 15.3. The molecular weight excluding hydrogens is 536 g/mol. The van der Waals surface area contributed by atoms with Crippen LogP contribution in [-0.2, 0) is 4.74 Å². The summed E-state index contributed by atoms with van der Waals surface area (Å²) in [5.74, 6) is -0.836. The number of hydrogen-bond acceptors (Lipinski definition) is 6. The van der Waals surface area contributed by atoms with Gasteiger partial charge in [-0.3, -0.25) is 9.59 Å². The van der Waals surface area contributed by atoms with E-state index in [9.17, 15) is 14.4 Å². The Bertz CT molecular complexity index is 1330. The number of carbonyl (C=O) groups excluding carboxylic acids is 3. The molecule has 1 atom stereocenters. The predicted molar refractivity (Wildman–Crippen MR) is 143 cm³/mol. The van der Waals surface area contributed by atoms with E-state index in [2.05, 4.69) is 32.5 Å². The number of carbonyl (C=O) groups is 3. The number of benzene rings is 2. The number of aromatic nitrogens is 2. The number of nitrogens with zero attached hydrogens (tertiary/aromatic N) is 4. The van der Waals surface area contributed by atoms with Crippen LogP contribution in [0.4, 0.5) is 0 Å². The molecule has 8 nitrogen and oxygen atoms in total. The first-order valence-electron chi connectivity index (χ1n) is 11.9. The first kappa shape index (κ1) is 26.2. The molecule has 190 valence electrons. The molecular formula is C28H27BrN4O4. The van der Waals surface area contributed by atoms with Crippen molar-refractivity contribution in [1.82, 2.24) is 19.8 Å². The van der Waals surface area contributed by atoms with Gasteiger partial charge in [-0.25, -0.2) is 14.8 Å². The van der Waals surface area contributed by atoms with E-state index in [1.807, 2.05) is 49.4 Å². The maximum Gasteiger partial charge on any atom is 0.342 e. The molecule has 2 heterocycles. The van der Waals surface area contributed by atoms with Gasteiger partial charge in [-0.2, -0.15) is 0 Å². The second-order valence-corrected chi connectivity index (χ2v) is 9.63. The smallest absolute Gasteiger partial charge is 0.342 e. The van der Waals surface area contributed by atoms with Gasteiger partial charge in [-0.05, 0) is 38.1 Å². The van der Waals surface area contributed by atoms with Crippen molar-refractivity contribution >= 4 is 33.7 Å². The van der Waals surface area contributed by atoms with Crippen LogP contribution in [0.15, 0.2) is 71.7 Å². The van der Waals surface area contributed by atoms with Crippen LogP contribution in [0.25, 0.3) is 11.4 Å². The lowest BCUT2D eigenvalue weighted by Crippen LogP contribution is -2.55. The van der Waals surface area contributed by atoms with Gasteiger partial charge in [-0.1, -0.05) is 58.9 Å². The summed E-state index contributed by atoms with van der Waals surface area (Å²) in [4.78, 5) is 52.1. The van der Waals surface area contributed by atoms with Crippen LogP contribution in [0.2, 0.25) is 0 Å². The molecule has 1 fully saturated rings. The highest BCUT2D eigenvalue weighted by Gasteiger charge is 2.34. The van der Waals surface area contributed by atoms with E-state index in [1.54, 1.807) is 28.9 Å². The highest BCUT2D eigenvalue weighted by molar-refractivity contribution is 9.10. The van der Waals surface area contributed by atoms with Crippen LogP contribution in [0, 0.1) is 6.92 Å². The van der Waals surface area contributed by atoms with Crippen molar-refractivity contribution in [3.63, 3.8) is 0 Å². The van der Waals surface area contributed by atoms with E-state index in [0.29, 0.717) is 36.7 Å². The average molecular weight is 563 g/mol. The molecule has 0 radical (unpaired) electrons. The van der Waals surface area contributed by atoms with Crippen molar-refractivity contribution in [3.05, 3.63) is 94.2 Å². The molecule has 1 unspecified atom stereocenters. The van der Waals surface area contributed by atoms with Crippen LogP contribution < -0.4 is 0 Å². The highest BCUT2D eigenvalue weighted by atomic mass is 79.9. The Labute approximate surface area is 224 Å². The minimum absolute atomic E-state index is 0.000216. The SMILES string of the molecule is C=CCOC(=O)c1c(C)nc(-c2ccccc2)nc1C(=O)N1CCN(C(=O)c2ccc(Br)cc2)C(C)C1. The minimum Gasteiger partial charge on any atom is -0.458 e. The molecule has 0 N–H and O–H groups in total. The Morgan fingerprint density at radius 2 is 1.76 bits per heavy atom. The fraction of sp³-hybridized carbons (Fsp3) is 0.250. The van der Waals surface area contributed by atoms with E-state index >= 15 is 0 Å². The molecule has 0 saturated carbocycles. The molecule has 1 aliphatic heterocycles. The number of amides is 2. The average Bonchev–Trinajstić information content (AvgIpc) is 2.91. The second-order valence-electron chi connectivity index (χ2n) is 8.72. The number of hydrogen-bond donors (Lipinski definition) is 0. The molecule has 2 aromatic carbocycles. The first-order valence-corrected chi connectivity index (χ1v) is 12.7. The van der Waals surface area contributed by atoms with Crippen molar-refractivity contribution in [2.75, 3.05) is 26.2 Å². The fourth-order valence-electron chi connectivity index (χ4n) is 4.25. The van der Waals surface area contributed by atoms with Crippen LogP contribution in [0.5, 0.6) is 0 Å². The summed E-state index contributed by atoms with van der Waals surface area (Å²) < 4.78 is 6.14. The van der Waals surface area contributed by atoms with Crippen molar-refractivity contribution < 1.29 is 19.1 Å². The summed E-state index contributed by atoms with van der Waals surface area (Å²) in [5.41, 5.74) is 1.68. The molecule has 2 amide bonds. The summed E-state index contributed by atoms with van der Waals surface area (Å²) >= 11 is 3.39. The van der Waals surface area contributed by atoms with E-state index in [1.165, 1.54) is 6.08 Å². The van der Waals surface area contributed by atoms with E-state index in [0.717, 1.165) is 10.0 Å². The fourth-order valence-corrected chi connectivity index (χ4v) is 4.51. The van der Waals surface area contributed by atoms with Gasteiger partial charge in [-0.15, -0.1) is 0 Å². The Morgan fingerprint density at radius 3 is 2.41 bits per heavy atom. The zero-order valence-corrected chi connectivity index (χ0v) is 22.3. The highest BCUT2D eigenvalue weighted by Crippen LogP contribution is 2.23. The Kier molecular flexibility index (Phi) is 8.13. The molecule has 3 aromatic rings. The van der Waals surface area contributed by atoms with Crippen molar-refractivity contribution in [3.8, 4) is 11.4 Å². The molecule has 1 saturated heterocycles. The summed E-state index contributed by atoms with van der Waals surface area (Å²) in [6.07, 6.45) is 1.46. The zero-order valence-electron chi connectivity index (χ0n) is 20.7. The van der Waals surface area contributed by atoms with Gasteiger partial charge in [0.1, 0.15) is 17.9 Å². The summed E-state index contributed by atoms with van der Waals surface area (Å²) in [6.45, 7) is 8.08. The number of halogens is 1. The molecule has 1 aliphatic rings. The molecule has 0 bridgehead atoms. The Morgan fingerprint density at radius 1 is 1.05 bits per heavy atom. The number of esters is 1. The van der Waals surface area contributed by atoms with E-state index in [4.69, 9.17) is 4.74 Å². The lowest BCUT2D eigenvalue weighted by molar-refractivity contribution is 0.0407. The van der Waals surface area contributed by atoms with Crippen LogP contribution in [-0.4, -0.2) is 69.8 Å². The van der Waals surface area contributed by atoms with Crippen LogP contribution >= 0.6 is 15.9 Å². The predicted octanol–water partition coefficient (Wildman–Crippen LogP) is 4.54. The Hall–Kier alpha value is -3.85. The molecule has 37 heavy (non-hydrogen) atoms. The van der Waals surface area contributed by atoms with Crippen molar-refractivity contribution in [2.45, 2.75) is 19.9 Å². The lowest BCUT2D eigenvalue weighted by atomic mass is 10.1. The van der Waals surface area contributed by atoms with Gasteiger partial charge >= 0.3 is 5.97 Å². The molecule has 4 rings (SSSR count). The third-order valence-electron chi connectivity index (χ3n) is 6.13. The van der Waals surface area contributed by atoms with Gasteiger partial charge in [0, 0.05) is 41.3 Å². The van der Waals surface area contributed by atoms with Crippen molar-refractivity contribution in [1.29, 1.82) is 0 Å². The maximum atomic E-state index is 13.8. The number of aryl methyl sites for hydroxylation is 1. The summed E-state index contributed by atoms with van der Waals surface area (Å²) in [7, 11) is 0. The van der Waals surface area contributed by atoms with Gasteiger partial charge in [0.25, 0.3) is 11.8 Å². The molecule has 0 aliphatic carbocycles. The third-order valence-corrected chi connectivity index (χ3v) is 6.66. The minimum atomic E-state index is -0.683. The topological polar surface area (TPSA) is 92.7 Å². The number of ether oxygens (including phenoxy) is 1. The van der Waals surface area contributed by atoms with Gasteiger partial charge in [0.05, 0.1) is 5.69 Å². The summed E-state index contributed by atoms with van der Waals surface area (Å²) in [5, 5.41) is 0. The number of piperazine rings is 1. The van der Waals surface area contributed by atoms with Gasteiger partial charge in [0.2, 0.25) is 0 Å². The van der Waals surface area contributed by atoms with Gasteiger partial charge in [0.15, 0.2) is 5.82 Å². The monoisotopic (exact) mass is 562 g/mol. The van der Waals surface area contributed by atoms with E-state index in [-0.39, 0.29) is 29.8 Å². The van der Waals surface area contributed by atoms with Crippen LogP contribution in [0.1, 0.15) is 43.8 Å². The molecule has 1 aromatic heterocycles. The second kappa shape index (κ2) is 11.5. The number of rotatable bonds is 6. The van der Waals surface area contributed by atoms with Crippen molar-refractivity contribution in [2.24, 2.45) is 0 Å². The maximum absolute atomic E-state index is 13.8. The Balaban J connectivity index is 1.62. The van der Waals surface area contributed by atoms with E-state index < -0.39 is 11.9 Å². The molecule has 9 heteroatoms.